The van der Waals surface area contributed by atoms with E-state index in [1.807, 2.05) is 12.1 Å². The van der Waals surface area contributed by atoms with Gasteiger partial charge < -0.3 is 15.4 Å². The van der Waals surface area contributed by atoms with Crippen LogP contribution in [-0.2, 0) is 0 Å². The van der Waals surface area contributed by atoms with Crippen LogP contribution in [0.5, 0.6) is 5.88 Å². The second-order valence-electron chi connectivity index (χ2n) is 6.40. The van der Waals surface area contributed by atoms with Crippen LogP contribution in [0.3, 0.4) is 0 Å². The lowest BCUT2D eigenvalue weighted by molar-refractivity contribution is 0.290. The standard InChI is InChI=1S/C17H27N3O/c1-2-20(14-6-4-3-5-7-14)16-11-10-15(18)17(19-16)21-12-13-8-9-13/h10-11,13-14H,2-9,12,18H2,1H3. The maximum Gasteiger partial charge on any atom is 0.239 e. The van der Waals surface area contributed by atoms with Crippen molar-refractivity contribution in [2.75, 3.05) is 23.8 Å². The maximum absolute atomic E-state index is 6.01. The van der Waals surface area contributed by atoms with Gasteiger partial charge in [0, 0.05) is 12.6 Å². The van der Waals surface area contributed by atoms with Gasteiger partial charge in [0.05, 0.1) is 12.3 Å². The van der Waals surface area contributed by atoms with Crippen molar-refractivity contribution in [3.05, 3.63) is 12.1 Å². The summed E-state index contributed by atoms with van der Waals surface area (Å²) in [6.07, 6.45) is 9.16. The highest BCUT2D eigenvalue weighted by Crippen LogP contribution is 2.32. The zero-order valence-electron chi connectivity index (χ0n) is 13.1. The number of anilines is 2. The molecule has 2 aliphatic carbocycles. The molecule has 4 nitrogen and oxygen atoms in total. The molecule has 0 bridgehead atoms. The normalized spacial score (nSPS) is 19.5. The van der Waals surface area contributed by atoms with Gasteiger partial charge in [-0.05, 0) is 50.7 Å². The first-order valence-corrected chi connectivity index (χ1v) is 8.44. The third-order valence-corrected chi connectivity index (χ3v) is 4.68. The van der Waals surface area contributed by atoms with E-state index in [9.17, 15) is 0 Å². The number of ether oxygens (including phenoxy) is 1. The molecule has 1 aromatic heterocycles. The van der Waals surface area contributed by atoms with Crippen LogP contribution in [0.4, 0.5) is 11.5 Å². The van der Waals surface area contributed by atoms with Crippen LogP contribution in [0.15, 0.2) is 12.1 Å². The number of nitrogens with zero attached hydrogens (tertiary/aromatic N) is 2. The fraction of sp³-hybridized carbons (Fsp3) is 0.706. The van der Waals surface area contributed by atoms with Gasteiger partial charge in [-0.25, -0.2) is 0 Å². The van der Waals surface area contributed by atoms with E-state index in [2.05, 4.69) is 11.8 Å². The Morgan fingerprint density at radius 3 is 2.62 bits per heavy atom. The molecule has 0 aromatic carbocycles. The number of nitrogens with two attached hydrogens (primary N) is 1. The van der Waals surface area contributed by atoms with Crippen LogP contribution in [0, 0.1) is 5.92 Å². The molecule has 3 rings (SSSR count). The lowest BCUT2D eigenvalue weighted by atomic mass is 9.94. The lowest BCUT2D eigenvalue weighted by Gasteiger charge is -2.34. The Morgan fingerprint density at radius 2 is 1.95 bits per heavy atom. The summed E-state index contributed by atoms with van der Waals surface area (Å²) in [7, 11) is 0. The molecule has 0 atom stereocenters. The van der Waals surface area contributed by atoms with Crippen LogP contribution in [0.25, 0.3) is 0 Å². The van der Waals surface area contributed by atoms with Gasteiger partial charge in [0.15, 0.2) is 0 Å². The molecule has 0 spiro atoms. The number of nitrogen functional groups attached to an aromatic ring is 1. The van der Waals surface area contributed by atoms with Gasteiger partial charge in [-0.15, -0.1) is 0 Å². The first-order chi connectivity index (χ1) is 10.3. The molecule has 116 valence electrons. The molecule has 1 aromatic rings. The van der Waals surface area contributed by atoms with Crippen LogP contribution in [-0.4, -0.2) is 24.2 Å². The molecule has 21 heavy (non-hydrogen) atoms. The third kappa shape index (κ3) is 3.60. The molecular formula is C17H27N3O. The Kier molecular flexibility index (Phi) is 4.51. The number of aromatic nitrogens is 1. The first-order valence-electron chi connectivity index (χ1n) is 8.44. The van der Waals surface area contributed by atoms with Crippen LogP contribution in [0.2, 0.25) is 0 Å². The summed E-state index contributed by atoms with van der Waals surface area (Å²) in [6, 6.07) is 4.60. The summed E-state index contributed by atoms with van der Waals surface area (Å²) in [5.41, 5.74) is 6.66. The van der Waals surface area contributed by atoms with E-state index in [0.29, 0.717) is 17.6 Å². The van der Waals surface area contributed by atoms with E-state index in [1.165, 1.54) is 44.9 Å². The Balaban J connectivity index is 1.73. The molecule has 0 saturated heterocycles. The lowest BCUT2D eigenvalue weighted by Crippen LogP contribution is -2.37. The molecule has 2 aliphatic rings. The predicted molar refractivity (Wildman–Crippen MR) is 86.8 cm³/mol. The van der Waals surface area contributed by atoms with Crippen molar-refractivity contribution in [2.45, 2.75) is 57.9 Å². The highest BCUT2D eigenvalue weighted by atomic mass is 16.5. The summed E-state index contributed by atoms with van der Waals surface area (Å²) in [6.45, 7) is 3.96. The number of rotatable bonds is 6. The molecule has 2 fully saturated rings. The van der Waals surface area contributed by atoms with Gasteiger partial charge in [-0.3, -0.25) is 0 Å². The Bertz CT molecular complexity index is 467. The van der Waals surface area contributed by atoms with Gasteiger partial charge >= 0.3 is 0 Å². The van der Waals surface area contributed by atoms with E-state index >= 15 is 0 Å². The van der Waals surface area contributed by atoms with Crippen LogP contribution in [0.1, 0.15) is 51.9 Å². The summed E-state index contributed by atoms with van der Waals surface area (Å²) in [4.78, 5) is 7.12. The van der Waals surface area contributed by atoms with E-state index in [-0.39, 0.29) is 0 Å². The monoisotopic (exact) mass is 289 g/mol. The quantitative estimate of drug-likeness (QED) is 0.869. The summed E-state index contributed by atoms with van der Waals surface area (Å²) < 4.78 is 5.82. The third-order valence-electron chi connectivity index (χ3n) is 4.68. The minimum absolute atomic E-state index is 0.619. The fourth-order valence-electron chi connectivity index (χ4n) is 3.20. The minimum Gasteiger partial charge on any atom is -0.476 e. The Labute approximate surface area is 127 Å². The van der Waals surface area contributed by atoms with Crippen molar-refractivity contribution in [2.24, 2.45) is 5.92 Å². The summed E-state index contributed by atoms with van der Waals surface area (Å²) in [5.74, 6) is 2.36. The maximum atomic E-state index is 6.01. The van der Waals surface area contributed by atoms with Gasteiger partial charge in [0.25, 0.3) is 0 Å². The molecule has 0 aliphatic heterocycles. The van der Waals surface area contributed by atoms with E-state index in [1.54, 1.807) is 0 Å². The van der Waals surface area contributed by atoms with Gasteiger partial charge in [0.2, 0.25) is 5.88 Å². The van der Waals surface area contributed by atoms with Gasteiger partial charge in [-0.1, -0.05) is 19.3 Å². The van der Waals surface area contributed by atoms with E-state index in [4.69, 9.17) is 15.5 Å². The van der Waals surface area contributed by atoms with Crippen molar-refractivity contribution in [3.63, 3.8) is 0 Å². The van der Waals surface area contributed by atoms with Crippen molar-refractivity contribution in [3.8, 4) is 5.88 Å². The average molecular weight is 289 g/mol. The smallest absolute Gasteiger partial charge is 0.239 e. The van der Waals surface area contributed by atoms with Crippen LogP contribution < -0.4 is 15.4 Å². The molecule has 0 unspecified atom stereocenters. The largest absolute Gasteiger partial charge is 0.476 e. The SMILES string of the molecule is CCN(c1ccc(N)c(OCC2CC2)n1)C1CCCCC1. The van der Waals surface area contributed by atoms with Gasteiger partial charge in [-0.2, -0.15) is 4.98 Å². The number of hydrogen-bond acceptors (Lipinski definition) is 4. The van der Waals surface area contributed by atoms with Crippen LogP contribution >= 0.6 is 0 Å². The molecule has 2 N–H and O–H groups in total. The Hall–Kier alpha value is -1.45. The van der Waals surface area contributed by atoms with Crippen molar-refractivity contribution in [1.82, 2.24) is 4.98 Å². The zero-order chi connectivity index (χ0) is 14.7. The first kappa shape index (κ1) is 14.5. The molecule has 4 heteroatoms. The minimum atomic E-state index is 0.619. The van der Waals surface area contributed by atoms with Crippen molar-refractivity contribution in [1.29, 1.82) is 0 Å². The topological polar surface area (TPSA) is 51.4 Å². The molecule has 1 heterocycles. The summed E-state index contributed by atoms with van der Waals surface area (Å²) >= 11 is 0. The van der Waals surface area contributed by atoms with Crippen molar-refractivity contribution >= 4 is 11.5 Å². The van der Waals surface area contributed by atoms with Crippen molar-refractivity contribution < 1.29 is 4.74 Å². The van der Waals surface area contributed by atoms with E-state index in [0.717, 1.165) is 24.9 Å². The summed E-state index contributed by atoms with van der Waals surface area (Å²) in [5, 5.41) is 0. The molecular weight excluding hydrogens is 262 g/mol. The highest BCUT2D eigenvalue weighted by molar-refractivity contribution is 5.55. The fourth-order valence-corrected chi connectivity index (χ4v) is 3.20. The number of hydrogen-bond donors (Lipinski definition) is 1. The van der Waals surface area contributed by atoms with E-state index < -0.39 is 0 Å². The zero-order valence-corrected chi connectivity index (χ0v) is 13.1. The molecule has 2 saturated carbocycles. The molecule has 0 radical (unpaired) electrons. The predicted octanol–water partition coefficient (Wildman–Crippen LogP) is 3.61. The highest BCUT2D eigenvalue weighted by Gasteiger charge is 2.24. The second kappa shape index (κ2) is 6.54. The average Bonchev–Trinajstić information content (AvgIpc) is 3.33. The molecule has 0 amide bonds. The Morgan fingerprint density at radius 1 is 1.19 bits per heavy atom. The van der Waals surface area contributed by atoms with Gasteiger partial charge in [0.1, 0.15) is 5.82 Å². The second-order valence-corrected chi connectivity index (χ2v) is 6.40. The number of pyridine rings is 1.